The van der Waals surface area contributed by atoms with Gasteiger partial charge in [-0.2, -0.15) is 0 Å². The molecule has 18 heavy (non-hydrogen) atoms. The third-order valence-electron chi connectivity index (χ3n) is 3.91. The van der Waals surface area contributed by atoms with E-state index in [4.69, 9.17) is 5.73 Å². The topological polar surface area (TPSA) is 42.1 Å². The number of nitrogens with zero attached hydrogens (tertiary/aromatic N) is 2. The normalized spacial score (nSPS) is 15.0. The van der Waals surface area contributed by atoms with E-state index in [9.17, 15) is 0 Å². The van der Waals surface area contributed by atoms with Crippen molar-refractivity contribution < 1.29 is 0 Å². The van der Waals surface area contributed by atoms with Gasteiger partial charge in [-0.15, -0.1) is 11.3 Å². The summed E-state index contributed by atoms with van der Waals surface area (Å²) in [5.41, 5.74) is 9.18. The summed E-state index contributed by atoms with van der Waals surface area (Å²) in [6.45, 7) is 8.27. The van der Waals surface area contributed by atoms with Crippen LogP contribution in [0, 0.1) is 6.92 Å². The van der Waals surface area contributed by atoms with Crippen molar-refractivity contribution in [3.8, 4) is 0 Å². The van der Waals surface area contributed by atoms with Gasteiger partial charge in [-0.1, -0.05) is 26.2 Å². The summed E-state index contributed by atoms with van der Waals surface area (Å²) in [5.74, 6) is 0. The molecule has 1 unspecified atom stereocenters. The second-order valence-electron chi connectivity index (χ2n) is 5.38. The zero-order valence-corrected chi connectivity index (χ0v) is 13.0. The molecule has 0 saturated heterocycles. The highest BCUT2D eigenvalue weighted by Crippen LogP contribution is 2.24. The van der Waals surface area contributed by atoms with Gasteiger partial charge in [0.1, 0.15) is 0 Å². The van der Waals surface area contributed by atoms with E-state index in [2.05, 4.69) is 37.7 Å². The molecule has 0 fully saturated rings. The molecule has 1 heterocycles. The van der Waals surface area contributed by atoms with Crippen LogP contribution in [-0.4, -0.2) is 29.0 Å². The van der Waals surface area contributed by atoms with Crippen LogP contribution in [0.4, 0.5) is 0 Å². The number of hydrogen-bond donors (Lipinski definition) is 1. The van der Waals surface area contributed by atoms with Crippen LogP contribution in [0.1, 0.15) is 50.1 Å². The molecule has 0 saturated carbocycles. The summed E-state index contributed by atoms with van der Waals surface area (Å²) in [5, 5.41) is 0. The molecule has 0 aliphatic carbocycles. The van der Waals surface area contributed by atoms with Gasteiger partial charge < -0.3 is 5.73 Å². The van der Waals surface area contributed by atoms with E-state index >= 15 is 0 Å². The molecule has 0 spiro atoms. The molecule has 2 N–H and O–H groups in total. The largest absolute Gasteiger partial charge is 0.329 e. The van der Waals surface area contributed by atoms with Crippen molar-refractivity contribution in [1.29, 1.82) is 0 Å². The summed E-state index contributed by atoms with van der Waals surface area (Å²) < 4.78 is 0. The average molecular weight is 269 g/mol. The fourth-order valence-corrected chi connectivity index (χ4v) is 2.92. The maximum absolute atomic E-state index is 6.00. The first-order valence-electron chi connectivity index (χ1n) is 6.83. The molecule has 0 aliphatic heterocycles. The van der Waals surface area contributed by atoms with Crippen molar-refractivity contribution >= 4 is 11.3 Å². The number of aromatic nitrogens is 1. The predicted molar refractivity (Wildman–Crippen MR) is 79.9 cm³/mol. The van der Waals surface area contributed by atoms with Gasteiger partial charge >= 0.3 is 0 Å². The number of hydrogen-bond acceptors (Lipinski definition) is 4. The summed E-state index contributed by atoms with van der Waals surface area (Å²) in [7, 11) is 2.18. The SMILES string of the molecule is CCCCCC(C)(CN)N(C)Cc1scnc1C. The van der Waals surface area contributed by atoms with E-state index in [-0.39, 0.29) is 5.54 Å². The smallest absolute Gasteiger partial charge is 0.0798 e. The van der Waals surface area contributed by atoms with Gasteiger partial charge in [-0.05, 0) is 27.3 Å². The third kappa shape index (κ3) is 4.04. The molecular weight excluding hydrogens is 242 g/mol. The fourth-order valence-electron chi connectivity index (χ4n) is 2.09. The molecule has 1 aromatic rings. The Kier molecular flexibility index (Phi) is 6.26. The Morgan fingerprint density at radius 3 is 2.67 bits per heavy atom. The van der Waals surface area contributed by atoms with Gasteiger partial charge in [-0.25, -0.2) is 4.98 Å². The summed E-state index contributed by atoms with van der Waals surface area (Å²) >= 11 is 1.74. The van der Waals surface area contributed by atoms with Gasteiger partial charge in [0.15, 0.2) is 0 Å². The maximum atomic E-state index is 6.00. The Morgan fingerprint density at radius 2 is 2.17 bits per heavy atom. The second kappa shape index (κ2) is 7.22. The van der Waals surface area contributed by atoms with Crippen molar-refractivity contribution in [1.82, 2.24) is 9.88 Å². The molecule has 0 aliphatic rings. The average Bonchev–Trinajstić information content (AvgIpc) is 2.75. The molecule has 104 valence electrons. The highest BCUT2D eigenvalue weighted by atomic mass is 32.1. The zero-order chi connectivity index (χ0) is 13.6. The van der Waals surface area contributed by atoms with Crippen LogP contribution in [0.15, 0.2) is 5.51 Å². The summed E-state index contributed by atoms with van der Waals surface area (Å²) in [4.78, 5) is 8.06. The minimum atomic E-state index is 0.103. The van der Waals surface area contributed by atoms with Crippen molar-refractivity contribution in [2.75, 3.05) is 13.6 Å². The van der Waals surface area contributed by atoms with Gasteiger partial charge in [0.05, 0.1) is 11.2 Å². The summed E-state index contributed by atoms with van der Waals surface area (Å²) in [6, 6.07) is 0. The number of unbranched alkanes of at least 4 members (excludes halogenated alkanes) is 2. The Hall–Kier alpha value is -0.450. The molecule has 0 radical (unpaired) electrons. The summed E-state index contributed by atoms with van der Waals surface area (Å²) in [6.07, 6.45) is 4.99. The zero-order valence-electron chi connectivity index (χ0n) is 12.2. The molecule has 1 rings (SSSR count). The molecule has 0 amide bonds. The van der Waals surface area contributed by atoms with Crippen molar-refractivity contribution in [2.45, 2.75) is 58.5 Å². The quantitative estimate of drug-likeness (QED) is 0.737. The van der Waals surface area contributed by atoms with E-state index in [1.54, 1.807) is 11.3 Å². The van der Waals surface area contributed by atoms with Crippen molar-refractivity contribution in [3.05, 3.63) is 16.1 Å². The molecule has 0 bridgehead atoms. The first-order valence-corrected chi connectivity index (χ1v) is 7.71. The first kappa shape index (κ1) is 15.6. The van der Waals surface area contributed by atoms with Crippen LogP contribution in [-0.2, 0) is 6.54 Å². The minimum absolute atomic E-state index is 0.103. The lowest BCUT2D eigenvalue weighted by Gasteiger charge is -2.38. The van der Waals surface area contributed by atoms with Crippen LogP contribution in [0.5, 0.6) is 0 Å². The molecular formula is C14H27N3S. The highest BCUT2D eigenvalue weighted by Gasteiger charge is 2.27. The standard InChI is InChI=1S/C14H27N3S/c1-5-6-7-8-14(3,10-15)17(4)9-13-12(2)16-11-18-13/h11H,5-10,15H2,1-4H3. The fraction of sp³-hybridized carbons (Fsp3) is 0.786. The number of likely N-dealkylation sites (N-methyl/N-ethyl adjacent to an activating group) is 1. The Labute approximate surface area is 115 Å². The molecule has 0 aromatic carbocycles. The second-order valence-corrected chi connectivity index (χ2v) is 6.31. The number of aryl methyl sites for hydroxylation is 1. The van der Waals surface area contributed by atoms with Crippen molar-refractivity contribution in [2.24, 2.45) is 5.73 Å². The van der Waals surface area contributed by atoms with Gasteiger partial charge in [0, 0.05) is 23.5 Å². The molecule has 1 aromatic heterocycles. The highest BCUT2D eigenvalue weighted by molar-refractivity contribution is 7.09. The van der Waals surface area contributed by atoms with E-state index in [1.807, 2.05) is 5.51 Å². The van der Waals surface area contributed by atoms with Gasteiger partial charge in [0.2, 0.25) is 0 Å². The van der Waals surface area contributed by atoms with Gasteiger partial charge in [0.25, 0.3) is 0 Å². The van der Waals surface area contributed by atoms with E-state index in [0.717, 1.165) is 12.2 Å². The lowest BCUT2D eigenvalue weighted by atomic mass is 9.92. The number of nitrogens with two attached hydrogens (primary N) is 1. The molecule has 3 nitrogen and oxygen atoms in total. The van der Waals surface area contributed by atoms with Crippen LogP contribution < -0.4 is 5.73 Å². The van der Waals surface area contributed by atoms with E-state index in [1.165, 1.54) is 30.6 Å². The lowest BCUT2D eigenvalue weighted by Crippen LogP contribution is -2.49. The predicted octanol–water partition coefficient (Wildman–Crippen LogP) is 3.18. The van der Waals surface area contributed by atoms with Crippen LogP contribution in [0.3, 0.4) is 0 Å². The molecule has 1 atom stereocenters. The van der Waals surface area contributed by atoms with E-state index < -0.39 is 0 Å². The van der Waals surface area contributed by atoms with Crippen molar-refractivity contribution in [3.63, 3.8) is 0 Å². The van der Waals surface area contributed by atoms with Crippen LogP contribution in [0.2, 0.25) is 0 Å². The Balaban J connectivity index is 2.60. The number of thiazole rings is 1. The minimum Gasteiger partial charge on any atom is -0.329 e. The van der Waals surface area contributed by atoms with Gasteiger partial charge in [-0.3, -0.25) is 4.90 Å². The Bertz CT molecular complexity index is 351. The van der Waals surface area contributed by atoms with Crippen LogP contribution in [0.25, 0.3) is 0 Å². The Morgan fingerprint density at radius 1 is 1.44 bits per heavy atom. The maximum Gasteiger partial charge on any atom is 0.0798 e. The van der Waals surface area contributed by atoms with E-state index in [0.29, 0.717) is 6.54 Å². The third-order valence-corrected chi connectivity index (χ3v) is 4.83. The first-order chi connectivity index (χ1) is 8.53. The monoisotopic (exact) mass is 269 g/mol. The molecule has 4 heteroatoms. The lowest BCUT2D eigenvalue weighted by molar-refractivity contribution is 0.124. The number of rotatable bonds is 8. The van der Waals surface area contributed by atoms with Crippen LogP contribution >= 0.6 is 11.3 Å².